The van der Waals surface area contributed by atoms with Gasteiger partial charge in [-0.25, -0.2) is 4.98 Å². The Kier molecular flexibility index (Phi) is 4.33. The van der Waals surface area contributed by atoms with Gasteiger partial charge in [-0.1, -0.05) is 0 Å². The number of piperazine rings is 1. The molecule has 0 amide bonds. The SMILES string of the molecule is O=C(O)CN1CCN(Cc2csc(-c3ccco3)n2)CC1. The summed E-state index contributed by atoms with van der Waals surface area (Å²) in [5.74, 6) is 0.0450. The van der Waals surface area contributed by atoms with E-state index in [2.05, 4.69) is 15.3 Å². The predicted octanol–water partition coefficient (Wildman–Crippen LogP) is 1.61. The smallest absolute Gasteiger partial charge is 0.317 e. The quantitative estimate of drug-likeness (QED) is 0.905. The Hall–Kier alpha value is -1.70. The molecule has 21 heavy (non-hydrogen) atoms. The van der Waals surface area contributed by atoms with Gasteiger partial charge < -0.3 is 9.52 Å². The fraction of sp³-hybridized carbons (Fsp3) is 0.429. The molecule has 1 fully saturated rings. The molecule has 0 radical (unpaired) electrons. The van der Waals surface area contributed by atoms with Gasteiger partial charge in [0, 0.05) is 38.1 Å². The highest BCUT2D eigenvalue weighted by Gasteiger charge is 2.19. The van der Waals surface area contributed by atoms with Gasteiger partial charge in [0.1, 0.15) is 0 Å². The van der Waals surface area contributed by atoms with Crippen molar-refractivity contribution in [3.05, 3.63) is 29.5 Å². The van der Waals surface area contributed by atoms with E-state index in [0.717, 1.165) is 49.2 Å². The van der Waals surface area contributed by atoms with Crippen molar-refractivity contribution < 1.29 is 14.3 Å². The molecule has 0 unspecified atom stereocenters. The van der Waals surface area contributed by atoms with E-state index in [-0.39, 0.29) is 6.54 Å². The number of carboxylic acids is 1. The van der Waals surface area contributed by atoms with Gasteiger partial charge >= 0.3 is 5.97 Å². The van der Waals surface area contributed by atoms with Crippen LogP contribution in [0, 0.1) is 0 Å². The lowest BCUT2D eigenvalue weighted by Gasteiger charge is -2.33. The topological polar surface area (TPSA) is 69.8 Å². The molecule has 7 heteroatoms. The average molecular weight is 307 g/mol. The van der Waals surface area contributed by atoms with E-state index in [1.54, 1.807) is 17.6 Å². The second kappa shape index (κ2) is 6.38. The number of thiazole rings is 1. The number of rotatable bonds is 5. The molecular formula is C14H17N3O3S. The van der Waals surface area contributed by atoms with Crippen LogP contribution in [0.25, 0.3) is 10.8 Å². The molecule has 2 aromatic rings. The molecule has 112 valence electrons. The maximum atomic E-state index is 10.7. The molecule has 3 heterocycles. The Morgan fingerprint density at radius 2 is 2.10 bits per heavy atom. The maximum absolute atomic E-state index is 10.7. The maximum Gasteiger partial charge on any atom is 0.317 e. The summed E-state index contributed by atoms with van der Waals surface area (Å²) in [4.78, 5) is 19.5. The fourth-order valence-electron chi connectivity index (χ4n) is 2.42. The molecular weight excluding hydrogens is 290 g/mol. The third kappa shape index (κ3) is 3.69. The first kappa shape index (κ1) is 14.2. The van der Waals surface area contributed by atoms with E-state index in [4.69, 9.17) is 9.52 Å². The molecule has 0 aromatic carbocycles. The van der Waals surface area contributed by atoms with Gasteiger partial charge in [-0.3, -0.25) is 14.6 Å². The van der Waals surface area contributed by atoms with Crippen LogP contribution in [-0.2, 0) is 11.3 Å². The van der Waals surface area contributed by atoms with Crippen molar-refractivity contribution >= 4 is 17.3 Å². The van der Waals surface area contributed by atoms with Gasteiger partial charge in [0.05, 0.1) is 18.5 Å². The summed E-state index contributed by atoms with van der Waals surface area (Å²) in [5, 5.41) is 11.7. The van der Waals surface area contributed by atoms with Crippen LogP contribution in [0.3, 0.4) is 0 Å². The first-order valence-corrected chi connectivity index (χ1v) is 7.73. The van der Waals surface area contributed by atoms with E-state index in [1.807, 2.05) is 17.0 Å². The van der Waals surface area contributed by atoms with Crippen LogP contribution < -0.4 is 0 Å². The second-order valence-corrected chi connectivity index (χ2v) is 5.93. The van der Waals surface area contributed by atoms with Gasteiger partial charge in [0.15, 0.2) is 10.8 Å². The first-order valence-electron chi connectivity index (χ1n) is 6.85. The number of aliphatic carboxylic acids is 1. The lowest BCUT2D eigenvalue weighted by Crippen LogP contribution is -2.47. The van der Waals surface area contributed by atoms with Crippen LogP contribution in [0.2, 0.25) is 0 Å². The predicted molar refractivity (Wildman–Crippen MR) is 79.2 cm³/mol. The number of carboxylic acid groups (broad SMARTS) is 1. The Labute approximate surface area is 126 Å². The minimum absolute atomic E-state index is 0.132. The summed E-state index contributed by atoms with van der Waals surface area (Å²) in [7, 11) is 0. The zero-order valence-electron chi connectivity index (χ0n) is 11.6. The van der Waals surface area contributed by atoms with Crippen LogP contribution >= 0.6 is 11.3 Å². The summed E-state index contributed by atoms with van der Waals surface area (Å²) in [6, 6.07) is 3.77. The van der Waals surface area contributed by atoms with Crippen LogP contribution in [0.5, 0.6) is 0 Å². The molecule has 0 aliphatic carbocycles. The van der Waals surface area contributed by atoms with Crippen molar-refractivity contribution in [2.45, 2.75) is 6.54 Å². The third-order valence-corrected chi connectivity index (χ3v) is 4.40. The van der Waals surface area contributed by atoms with E-state index in [1.165, 1.54) is 0 Å². The Bertz CT molecular complexity index is 588. The highest BCUT2D eigenvalue weighted by atomic mass is 32.1. The van der Waals surface area contributed by atoms with E-state index >= 15 is 0 Å². The number of hydrogen-bond donors (Lipinski definition) is 1. The van der Waals surface area contributed by atoms with Crippen molar-refractivity contribution in [2.24, 2.45) is 0 Å². The van der Waals surface area contributed by atoms with Crippen molar-refractivity contribution in [3.8, 4) is 10.8 Å². The molecule has 1 N–H and O–H groups in total. The van der Waals surface area contributed by atoms with Gasteiger partial charge in [0.2, 0.25) is 0 Å². The van der Waals surface area contributed by atoms with Gasteiger partial charge in [-0.15, -0.1) is 11.3 Å². The van der Waals surface area contributed by atoms with Crippen molar-refractivity contribution in [2.75, 3.05) is 32.7 Å². The summed E-state index contributed by atoms with van der Waals surface area (Å²) >= 11 is 1.59. The molecule has 1 saturated heterocycles. The van der Waals surface area contributed by atoms with E-state index in [9.17, 15) is 4.79 Å². The molecule has 0 spiro atoms. The number of furan rings is 1. The molecule has 0 bridgehead atoms. The largest absolute Gasteiger partial charge is 0.480 e. The van der Waals surface area contributed by atoms with Crippen molar-refractivity contribution in [1.82, 2.24) is 14.8 Å². The molecule has 1 aliphatic heterocycles. The summed E-state index contributed by atoms with van der Waals surface area (Å²) in [5.41, 5.74) is 1.04. The molecule has 0 atom stereocenters. The van der Waals surface area contributed by atoms with E-state index < -0.39 is 5.97 Å². The molecule has 3 rings (SSSR count). The second-order valence-electron chi connectivity index (χ2n) is 5.07. The van der Waals surface area contributed by atoms with Crippen molar-refractivity contribution in [3.63, 3.8) is 0 Å². The average Bonchev–Trinajstić information content (AvgIpc) is 3.11. The minimum Gasteiger partial charge on any atom is -0.480 e. The monoisotopic (exact) mass is 307 g/mol. The van der Waals surface area contributed by atoms with Crippen LogP contribution in [-0.4, -0.2) is 58.6 Å². The lowest BCUT2D eigenvalue weighted by atomic mass is 10.3. The molecule has 2 aromatic heterocycles. The Balaban J connectivity index is 1.53. The molecule has 6 nitrogen and oxygen atoms in total. The zero-order valence-corrected chi connectivity index (χ0v) is 12.4. The minimum atomic E-state index is -0.758. The highest BCUT2D eigenvalue weighted by molar-refractivity contribution is 7.13. The third-order valence-electron chi connectivity index (χ3n) is 3.49. The number of carbonyl (C=O) groups is 1. The number of aromatic nitrogens is 1. The molecule has 1 aliphatic rings. The Morgan fingerprint density at radius 1 is 1.33 bits per heavy atom. The Morgan fingerprint density at radius 3 is 2.76 bits per heavy atom. The van der Waals surface area contributed by atoms with Gasteiger partial charge in [-0.05, 0) is 12.1 Å². The zero-order chi connectivity index (χ0) is 14.7. The van der Waals surface area contributed by atoms with Crippen LogP contribution in [0.15, 0.2) is 28.2 Å². The number of nitrogens with zero attached hydrogens (tertiary/aromatic N) is 3. The highest BCUT2D eigenvalue weighted by Crippen LogP contribution is 2.24. The summed E-state index contributed by atoms with van der Waals surface area (Å²) in [6.45, 7) is 4.27. The standard InChI is InChI=1S/C14H17N3O3S/c18-13(19)9-17-5-3-16(4-6-17)8-11-10-21-14(15-11)12-2-1-7-20-12/h1-2,7,10H,3-6,8-9H2,(H,18,19). The molecule has 0 saturated carbocycles. The fourth-order valence-corrected chi connectivity index (χ4v) is 3.20. The lowest BCUT2D eigenvalue weighted by molar-refractivity contribution is -0.138. The number of hydrogen-bond acceptors (Lipinski definition) is 6. The van der Waals surface area contributed by atoms with Crippen LogP contribution in [0.4, 0.5) is 0 Å². The van der Waals surface area contributed by atoms with Gasteiger partial charge in [0.25, 0.3) is 0 Å². The normalized spacial score (nSPS) is 17.1. The summed E-state index contributed by atoms with van der Waals surface area (Å²) < 4.78 is 5.35. The van der Waals surface area contributed by atoms with Crippen LogP contribution in [0.1, 0.15) is 5.69 Å². The van der Waals surface area contributed by atoms with E-state index in [0.29, 0.717) is 0 Å². The van der Waals surface area contributed by atoms with Crippen molar-refractivity contribution in [1.29, 1.82) is 0 Å². The van der Waals surface area contributed by atoms with Gasteiger partial charge in [-0.2, -0.15) is 0 Å². The summed E-state index contributed by atoms with van der Waals surface area (Å²) in [6.07, 6.45) is 1.65. The first-order chi connectivity index (χ1) is 10.2.